The summed E-state index contributed by atoms with van der Waals surface area (Å²) in [5, 5.41) is 6.16. The fourth-order valence-electron chi connectivity index (χ4n) is 3.72. The minimum absolute atomic E-state index is 0.0671. The molecule has 29 heavy (non-hydrogen) atoms. The lowest BCUT2D eigenvalue weighted by Gasteiger charge is -2.30. The van der Waals surface area contributed by atoms with E-state index in [9.17, 15) is 9.59 Å². The number of likely N-dealkylation sites (tertiary alicyclic amines) is 1. The van der Waals surface area contributed by atoms with E-state index in [2.05, 4.69) is 24.5 Å². The Labute approximate surface area is 173 Å². The first-order chi connectivity index (χ1) is 14.0. The van der Waals surface area contributed by atoms with Crippen LogP contribution >= 0.6 is 0 Å². The van der Waals surface area contributed by atoms with E-state index in [1.165, 1.54) is 0 Å². The largest absolute Gasteiger partial charge is 0.376 e. The summed E-state index contributed by atoms with van der Waals surface area (Å²) in [7, 11) is 0. The van der Waals surface area contributed by atoms with Crippen molar-refractivity contribution in [1.82, 2.24) is 4.90 Å². The molecule has 1 fully saturated rings. The average Bonchev–Trinajstić information content (AvgIpc) is 2.74. The third-order valence-corrected chi connectivity index (χ3v) is 5.64. The van der Waals surface area contributed by atoms with Gasteiger partial charge in [-0.3, -0.25) is 9.59 Å². The van der Waals surface area contributed by atoms with Crippen molar-refractivity contribution in [3.05, 3.63) is 59.2 Å². The number of para-hydroxylation sites is 1. The molecule has 0 bridgehead atoms. The van der Waals surface area contributed by atoms with E-state index < -0.39 is 0 Å². The normalized spacial score (nSPS) is 14.5. The molecule has 1 heterocycles. The van der Waals surface area contributed by atoms with Crippen LogP contribution in [0.5, 0.6) is 0 Å². The maximum absolute atomic E-state index is 12.8. The Balaban J connectivity index is 1.59. The molecule has 2 amide bonds. The number of amides is 2. The summed E-state index contributed by atoms with van der Waals surface area (Å²) in [4.78, 5) is 27.1. The number of nitrogens with zero attached hydrogens (tertiary/aromatic N) is 1. The van der Waals surface area contributed by atoms with E-state index in [-0.39, 0.29) is 18.4 Å². The van der Waals surface area contributed by atoms with Crippen LogP contribution in [0.3, 0.4) is 0 Å². The van der Waals surface area contributed by atoms with Gasteiger partial charge in [-0.1, -0.05) is 38.1 Å². The number of nitrogens with one attached hydrogen (secondary N) is 2. The molecule has 0 atom stereocenters. The van der Waals surface area contributed by atoms with Gasteiger partial charge in [0.25, 0.3) is 5.91 Å². The minimum atomic E-state index is -0.101. The second kappa shape index (κ2) is 9.59. The van der Waals surface area contributed by atoms with E-state index in [1.807, 2.05) is 54.3 Å². The summed E-state index contributed by atoms with van der Waals surface area (Å²) < 4.78 is 0. The highest BCUT2D eigenvalue weighted by molar-refractivity contribution is 5.97. The molecule has 0 saturated carbocycles. The molecule has 5 heteroatoms. The van der Waals surface area contributed by atoms with Crippen molar-refractivity contribution in [3.8, 4) is 0 Å². The Hall–Kier alpha value is -2.82. The van der Waals surface area contributed by atoms with Gasteiger partial charge in [0.1, 0.15) is 0 Å². The van der Waals surface area contributed by atoms with Crippen LogP contribution in [-0.2, 0) is 11.2 Å². The maximum atomic E-state index is 12.8. The number of rotatable bonds is 6. The zero-order valence-electron chi connectivity index (χ0n) is 17.6. The summed E-state index contributed by atoms with van der Waals surface area (Å²) in [6.07, 6.45) is 2.98. The Morgan fingerprint density at radius 2 is 1.83 bits per heavy atom. The van der Waals surface area contributed by atoms with Gasteiger partial charge in [0.2, 0.25) is 5.91 Å². The zero-order chi connectivity index (χ0) is 20.8. The van der Waals surface area contributed by atoms with Gasteiger partial charge >= 0.3 is 0 Å². The van der Waals surface area contributed by atoms with Crippen LogP contribution in [0.4, 0.5) is 11.4 Å². The summed E-state index contributed by atoms with van der Waals surface area (Å²) in [5.74, 6) is 0.653. The van der Waals surface area contributed by atoms with Crippen molar-refractivity contribution in [2.75, 3.05) is 30.3 Å². The highest BCUT2D eigenvalue weighted by atomic mass is 16.2. The van der Waals surface area contributed by atoms with Crippen LogP contribution in [0.2, 0.25) is 0 Å². The smallest absolute Gasteiger partial charge is 0.253 e. The number of carbonyl (C=O) groups excluding carboxylic acids is 2. The first kappa shape index (κ1) is 20.9. The molecule has 0 unspecified atom stereocenters. The molecule has 2 N–H and O–H groups in total. The molecule has 154 valence electrons. The molecule has 0 radical (unpaired) electrons. The first-order valence-electron chi connectivity index (χ1n) is 10.5. The fraction of sp³-hybridized carbons (Fsp3) is 0.417. The van der Waals surface area contributed by atoms with Crippen molar-refractivity contribution >= 4 is 23.2 Å². The van der Waals surface area contributed by atoms with E-state index in [1.54, 1.807) is 0 Å². The summed E-state index contributed by atoms with van der Waals surface area (Å²) in [5.41, 5.74) is 4.52. The number of anilines is 2. The molecule has 1 saturated heterocycles. The van der Waals surface area contributed by atoms with Gasteiger partial charge in [0, 0.05) is 30.0 Å². The lowest BCUT2D eigenvalue weighted by molar-refractivity contribution is -0.114. The van der Waals surface area contributed by atoms with Crippen LogP contribution in [-0.4, -0.2) is 36.3 Å². The van der Waals surface area contributed by atoms with Crippen LogP contribution in [0.1, 0.15) is 48.2 Å². The molecule has 0 aliphatic carbocycles. The highest BCUT2D eigenvalue weighted by Gasteiger charge is 2.21. The average molecular weight is 394 g/mol. The Bertz CT molecular complexity index is 870. The van der Waals surface area contributed by atoms with E-state index in [4.69, 9.17) is 0 Å². The predicted molar refractivity (Wildman–Crippen MR) is 118 cm³/mol. The van der Waals surface area contributed by atoms with Gasteiger partial charge in [0.05, 0.1) is 6.54 Å². The van der Waals surface area contributed by atoms with Crippen LogP contribution < -0.4 is 10.6 Å². The summed E-state index contributed by atoms with van der Waals surface area (Å²) in [6.45, 7) is 8.09. The molecule has 0 spiro atoms. The Morgan fingerprint density at radius 1 is 1.10 bits per heavy atom. The monoisotopic (exact) mass is 393 g/mol. The molecular weight excluding hydrogens is 362 g/mol. The van der Waals surface area contributed by atoms with Crippen molar-refractivity contribution in [2.45, 2.75) is 40.0 Å². The van der Waals surface area contributed by atoms with E-state index in [0.717, 1.165) is 54.9 Å². The minimum Gasteiger partial charge on any atom is -0.376 e. The zero-order valence-corrected chi connectivity index (χ0v) is 17.6. The Kier molecular flexibility index (Phi) is 6.91. The SMILES string of the molecule is CCc1cccc(C)c1NC(=O)CNc1cccc(C(=O)N2CCC(C)CC2)c1. The molecule has 5 nitrogen and oxygen atoms in total. The molecular formula is C24H31N3O2. The number of benzene rings is 2. The van der Waals surface area contributed by atoms with Crippen LogP contribution in [0.25, 0.3) is 0 Å². The van der Waals surface area contributed by atoms with Gasteiger partial charge in [-0.15, -0.1) is 0 Å². The maximum Gasteiger partial charge on any atom is 0.253 e. The number of piperidine rings is 1. The quantitative estimate of drug-likeness (QED) is 0.761. The summed E-state index contributed by atoms with van der Waals surface area (Å²) in [6, 6.07) is 13.5. The molecule has 2 aromatic carbocycles. The van der Waals surface area contributed by atoms with Crippen LogP contribution in [0.15, 0.2) is 42.5 Å². The number of aryl methyl sites for hydroxylation is 2. The van der Waals surface area contributed by atoms with Crippen molar-refractivity contribution in [1.29, 1.82) is 0 Å². The molecule has 1 aliphatic heterocycles. The van der Waals surface area contributed by atoms with Gasteiger partial charge < -0.3 is 15.5 Å². The molecule has 0 aromatic heterocycles. The van der Waals surface area contributed by atoms with Gasteiger partial charge in [-0.25, -0.2) is 0 Å². The van der Waals surface area contributed by atoms with Gasteiger partial charge in [-0.2, -0.15) is 0 Å². The second-order valence-electron chi connectivity index (χ2n) is 7.92. The van der Waals surface area contributed by atoms with Gasteiger partial charge in [0.15, 0.2) is 0 Å². The van der Waals surface area contributed by atoms with Crippen molar-refractivity contribution in [2.24, 2.45) is 5.92 Å². The predicted octanol–water partition coefficient (Wildman–Crippen LogP) is 4.48. The highest BCUT2D eigenvalue weighted by Crippen LogP contribution is 2.22. The fourth-order valence-corrected chi connectivity index (χ4v) is 3.72. The number of hydrogen-bond acceptors (Lipinski definition) is 3. The number of carbonyl (C=O) groups is 2. The topological polar surface area (TPSA) is 61.4 Å². The van der Waals surface area contributed by atoms with Crippen molar-refractivity contribution < 1.29 is 9.59 Å². The second-order valence-corrected chi connectivity index (χ2v) is 7.92. The third kappa shape index (κ3) is 5.37. The van der Waals surface area contributed by atoms with Crippen LogP contribution in [0, 0.1) is 12.8 Å². The van der Waals surface area contributed by atoms with Crippen molar-refractivity contribution in [3.63, 3.8) is 0 Å². The standard InChI is InChI=1S/C24H31N3O2/c1-4-19-8-5-7-18(3)23(19)26-22(28)16-25-21-10-6-9-20(15-21)24(29)27-13-11-17(2)12-14-27/h5-10,15,17,25H,4,11-14,16H2,1-3H3,(H,26,28). The Morgan fingerprint density at radius 3 is 2.55 bits per heavy atom. The molecule has 2 aromatic rings. The number of hydrogen-bond donors (Lipinski definition) is 2. The van der Waals surface area contributed by atoms with E-state index in [0.29, 0.717) is 11.5 Å². The lowest BCUT2D eigenvalue weighted by Crippen LogP contribution is -2.37. The summed E-state index contributed by atoms with van der Waals surface area (Å²) >= 11 is 0. The molecule has 1 aliphatic rings. The third-order valence-electron chi connectivity index (χ3n) is 5.64. The lowest BCUT2D eigenvalue weighted by atomic mass is 9.98. The van der Waals surface area contributed by atoms with Gasteiger partial charge in [-0.05, 0) is 61.4 Å². The van der Waals surface area contributed by atoms with E-state index >= 15 is 0 Å². The molecule has 3 rings (SSSR count). The first-order valence-corrected chi connectivity index (χ1v) is 10.5.